The fourth-order valence-corrected chi connectivity index (χ4v) is 1.74. The van der Waals surface area contributed by atoms with E-state index >= 15 is 0 Å². The van der Waals surface area contributed by atoms with Crippen molar-refractivity contribution in [3.8, 4) is 5.75 Å². The van der Waals surface area contributed by atoms with E-state index in [0.29, 0.717) is 5.75 Å². The van der Waals surface area contributed by atoms with Gasteiger partial charge in [0, 0.05) is 0 Å². The van der Waals surface area contributed by atoms with E-state index in [1.54, 1.807) is 0 Å². The second kappa shape index (κ2) is 6.59. The molecule has 2 aromatic rings. The van der Waals surface area contributed by atoms with Crippen molar-refractivity contribution in [3.63, 3.8) is 0 Å². The molecule has 0 N–H and O–H groups in total. The average molecular weight is 256 g/mol. The minimum absolute atomic E-state index is 0.0610. The molecule has 2 rings (SSSR count). The molecular formula is C16H16O3. The number of rotatable bonds is 5. The summed E-state index contributed by atoms with van der Waals surface area (Å²) < 4.78 is 9.80. The van der Waals surface area contributed by atoms with Gasteiger partial charge in [-0.1, -0.05) is 42.5 Å². The van der Waals surface area contributed by atoms with Crippen molar-refractivity contribution in [1.82, 2.24) is 0 Å². The molecule has 0 radical (unpaired) electrons. The zero-order valence-corrected chi connectivity index (χ0v) is 10.8. The van der Waals surface area contributed by atoms with Crippen LogP contribution in [0.5, 0.6) is 5.75 Å². The number of hydrogen-bond acceptors (Lipinski definition) is 3. The lowest BCUT2D eigenvalue weighted by Gasteiger charge is -2.06. The lowest BCUT2D eigenvalue weighted by Crippen LogP contribution is -2.12. The number of ether oxygens (including phenoxy) is 2. The normalized spacial score (nSPS) is 9.95. The van der Waals surface area contributed by atoms with Crippen LogP contribution < -0.4 is 4.74 Å². The molecule has 2 aromatic carbocycles. The van der Waals surface area contributed by atoms with Crippen molar-refractivity contribution < 1.29 is 14.3 Å². The molecule has 3 nitrogen and oxygen atoms in total. The van der Waals surface area contributed by atoms with Gasteiger partial charge in [0.1, 0.15) is 5.75 Å². The quantitative estimate of drug-likeness (QED) is 0.772. The topological polar surface area (TPSA) is 35.5 Å². The summed E-state index contributed by atoms with van der Waals surface area (Å²) >= 11 is 0. The maximum absolute atomic E-state index is 10.9. The van der Waals surface area contributed by atoms with Crippen molar-refractivity contribution >= 4 is 5.97 Å². The van der Waals surface area contributed by atoms with Crippen molar-refractivity contribution in [2.75, 3.05) is 13.7 Å². The van der Waals surface area contributed by atoms with Gasteiger partial charge in [-0.05, 0) is 29.7 Å². The van der Waals surface area contributed by atoms with Crippen LogP contribution in [-0.2, 0) is 16.0 Å². The lowest BCUT2D eigenvalue weighted by molar-refractivity contribution is -0.142. The standard InChI is InChI=1S/C16H16O3/c1-18-16(17)12-19-15-9-7-14(8-10-15)11-13-5-3-2-4-6-13/h2-10H,11-12H2,1H3. The van der Waals surface area contributed by atoms with Gasteiger partial charge in [0.15, 0.2) is 6.61 Å². The van der Waals surface area contributed by atoms with E-state index in [-0.39, 0.29) is 12.6 Å². The smallest absolute Gasteiger partial charge is 0.343 e. The highest BCUT2D eigenvalue weighted by atomic mass is 16.6. The van der Waals surface area contributed by atoms with Crippen LogP contribution in [0.4, 0.5) is 0 Å². The summed E-state index contributed by atoms with van der Waals surface area (Å²) in [6.45, 7) is -0.0610. The number of carbonyl (C=O) groups is 1. The zero-order chi connectivity index (χ0) is 13.5. The molecule has 0 amide bonds. The Balaban J connectivity index is 1.93. The Morgan fingerprint density at radius 2 is 1.58 bits per heavy atom. The summed E-state index contributed by atoms with van der Waals surface area (Å²) in [6.07, 6.45) is 0.887. The van der Waals surface area contributed by atoms with E-state index < -0.39 is 0 Å². The first kappa shape index (κ1) is 13.1. The minimum Gasteiger partial charge on any atom is -0.482 e. The van der Waals surface area contributed by atoms with Crippen molar-refractivity contribution in [3.05, 3.63) is 65.7 Å². The molecule has 0 bridgehead atoms. The highest BCUT2D eigenvalue weighted by molar-refractivity contribution is 5.70. The summed E-state index contributed by atoms with van der Waals surface area (Å²) in [4.78, 5) is 10.9. The second-order valence-corrected chi connectivity index (χ2v) is 4.17. The van der Waals surface area contributed by atoms with E-state index in [1.165, 1.54) is 18.2 Å². The Morgan fingerprint density at radius 3 is 2.21 bits per heavy atom. The first-order valence-electron chi connectivity index (χ1n) is 6.10. The molecule has 0 fully saturated rings. The Hall–Kier alpha value is -2.29. The molecule has 0 saturated carbocycles. The minimum atomic E-state index is -0.381. The molecule has 3 heteroatoms. The highest BCUT2D eigenvalue weighted by Crippen LogP contribution is 2.15. The number of methoxy groups -OCH3 is 1. The Bertz CT molecular complexity index is 517. The van der Waals surface area contributed by atoms with Gasteiger partial charge >= 0.3 is 5.97 Å². The molecule has 0 aliphatic rings. The lowest BCUT2D eigenvalue weighted by atomic mass is 10.1. The Labute approximate surface area is 112 Å². The number of benzene rings is 2. The molecule has 0 aromatic heterocycles. The van der Waals surface area contributed by atoms with Gasteiger partial charge in [-0.25, -0.2) is 4.79 Å². The van der Waals surface area contributed by atoms with Crippen LogP contribution in [0, 0.1) is 0 Å². The monoisotopic (exact) mass is 256 g/mol. The van der Waals surface area contributed by atoms with Gasteiger partial charge in [-0.2, -0.15) is 0 Å². The molecule has 98 valence electrons. The fourth-order valence-electron chi connectivity index (χ4n) is 1.74. The van der Waals surface area contributed by atoms with E-state index in [2.05, 4.69) is 16.9 Å². The molecule has 0 aliphatic carbocycles. The van der Waals surface area contributed by atoms with Crippen LogP contribution in [0.1, 0.15) is 11.1 Å². The summed E-state index contributed by atoms with van der Waals surface area (Å²) in [7, 11) is 1.34. The summed E-state index contributed by atoms with van der Waals surface area (Å²) in [5, 5.41) is 0. The third kappa shape index (κ3) is 4.14. The van der Waals surface area contributed by atoms with Gasteiger partial charge in [-0.3, -0.25) is 0 Å². The van der Waals surface area contributed by atoms with Crippen LogP contribution in [-0.4, -0.2) is 19.7 Å². The first-order chi connectivity index (χ1) is 9.28. The molecule has 0 unspecified atom stereocenters. The van der Waals surface area contributed by atoms with Crippen LogP contribution in [0.3, 0.4) is 0 Å². The third-order valence-electron chi connectivity index (χ3n) is 2.76. The molecule has 0 heterocycles. The van der Waals surface area contributed by atoms with Crippen LogP contribution >= 0.6 is 0 Å². The SMILES string of the molecule is COC(=O)COc1ccc(Cc2ccccc2)cc1. The third-order valence-corrected chi connectivity index (χ3v) is 2.76. The number of carbonyl (C=O) groups excluding carboxylic acids is 1. The van der Waals surface area contributed by atoms with Gasteiger partial charge in [-0.15, -0.1) is 0 Å². The summed E-state index contributed by atoms with van der Waals surface area (Å²) in [6, 6.07) is 18.0. The Morgan fingerprint density at radius 1 is 0.947 bits per heavy atom. The number of hydrogen-bond donors (Lipinski definition) is 0. The van der Waals surface area contributed by atoms with Crippen molar-refractivity contribution in [2.24, 2.45) is 0 Å². The maximum Gasteiger partial charge on any atom is 0.343 e. The van der Waals surface area contributed by atoms with Crippen LogP contribution in [0.15, 0.2) is 54.6 Å². The zero-order valence-electron chi connectivity index (χ0n) is 10.8. The Kier molecular flexibility index (Phi) is 4.56. The summed E-state index contributed by atoms with van der Waals surface area (Å²) in [5.41, 5.74) is 2.47. The fraction of sp³-hybridized carbons (Fsp3) is 0.188. The highest BCUT2D eigenvalue weighted by Gasteiger charge is 2.02. The van der Waals surface area contributed by atoms with E-state index in [0.717, 1.165) is 6.42 Å². The predicted molar refractivity (Wildman–Crippen MR) is 73.2 cm³/mol. The second-order valence-electron chi connectivity index (χ2n) is 4.17. The molecule has 19 heavy (non-hydrogen) atoms. The van der Waals surface area contributed by atoms with E-state index in [4.69, 9.17) is 4.74 Å². The van der Waals surface area contributed by atoms with E-state index in [9.17, 15) is 4.79 Å². The number of esters is 1. The maximum atomic E-state index is 10.9. The molecule has 0 saturated heterocycles. The van der Waals surface area contributed by atoms with E-state index in [1.807, 2.05) is 42.5 Å². The summed E-state index contributed by atoms with van der Waals surface area (Å²) in [5.74, 6) is 0.288. The van der Waals surface area contributed by atoms with Crippen molar-refractivity contribution in [2.45, 2.75) is 6.42 Å². The van der Waals surface area contributed by atoms with Gasteiger partial charge in [0.2, 0.25) is 0 Å². The largest absolute Gasteiger partial charge is 0.482 e. The average Bonchev–Trinajstić information content (AvgIpc) is 2.47. The van der Waals surface area contributed by atoms with Gasteiger partial charge in [0.25, 0.3) is 0 Å². The molecule has 0 aliphatic heterocycles. The van der Waals surface area contributed by atoms with Crippen LogP contribution in [0.25, 0.3) is 0 Å². The first-order valence-corrected chi connectivity index (χ1v) is 6.10. The molecular weight excluding hydrogens is 240 g/mol. The molecule has 0 spiro atoms. The predicted octanol–water partition coefficient (Wildman–Crippen LogP) is 2.83. The van der Waals surface area contributed by atoms with Crippen molar-refractivity contribution in [1.29, 1.82) is 0 Å². The van der Waals surface area contributed by atoms with Gasteiger partial charge < -0.3 is 9.47 Å². The van der Waals surface area contributed by atoms with Gasteiger partial charge in [0.05, 0.1) is 7.11 Å². The van der Waals surface area contributed by atoms with Crippen LogP contribution in [0.2, 0.25) is 0 Å². The molecule has 0 atom stereocenters.